The zero-order chi connectivity index (χ0) is 12.5. The summed E-state index contributed by atoms with van der Waals surface area (Å²) in [5, 5.41) is 2.91. The first-order valence-corrected chi connectivity index (χ1v) is 6.21. The van der Waals surface area contributed by atoms with Gasteiger partial charge >= 0.3 is 0 Å². The summed E-state index contributed by atoms with van der Waals surface area (Å²) in [7, 11) is 0. The Morgan fingerprint density at radius 1 is 1.19 bits per heavy atom. The highest BCUT2D eigenvalue weighted by Crippen LogP contribution is 2.25. The summed E-state index contributed by atoms with van der Waals surface area (Å²) in [6.07, 6.45) is 0. The van der Waals surface area contributed by atoms with Crippen molar-refractivity contribution in [1.82, 2.24) is 5.32 Å². The van der Waals surface area contributed by atoms with Crippen LogP contribution in [0.5, 0.6) is 0 Å². The Morgan fingerprint density at radius 3 is 2.25 bits per heavy atom. The Balaban J connectivity index is 3.20. The molecule has 1 rings (SSSR count). The minimum Gasteiger partial charge on any atom is -0.350 e. The van der Waals surface area contributed by atoms with Crippen molar-refractivity contribution in [3.05, 3.63) is 32.8 Å². The SMILES string of the molecule is Cc1c(Br)cc(C(=O)NC(C)C)c(C)c1C. The lowest BCUT2D eigenvalue weighted by atomic mass is 9.98. The highest BCUT2D eigenvalue weighted by Gasteiger charge is 2.14. The molecule has 1 N–H and O–H groups in total. The van der Waals surface area contributed by atoms with Crippen LogP contribution in [0.15, 0.2) is 10.5 Å². The molecular weight excluding hydrogens is 266 g/mol. The molecule has 0 aliphatic carbocycles. The third kappa shape index (κ3) is 2.64. The molecule has 1 aromatic rings. The summed E-state index contributed by atoms with van der Waals surface area (Å²) in [5.74, 6) is -0.00343. The van der Waals surface area contributed by atoms with Crippen LogP contribution in [0.4, 0.5) is 0 Å². The molecular formula is C13H18BrNO. The van der Waals surface area contributed by atoms with E-state index in [1.807, 2.05) is 33.8 Å². The summed E-state index contributed by atoms with van der Waals surface area (Å²) in [6, 6.07) is 2.06. The van der Waals surface area contributed by atoms with Gasteiger partial charge < -0.3 is 5.32 Å². The van der Waals surface area contributed by atoms with E-state index < -0.39 is 0 Å². The summed E-state index contributed by atoms with van der Waals surface area (Å²) in [4.78, 5) is 12.0. The van der Waals surface area contributed by atoms with Gasteiger partial charge in [0.2, 0.25) is 0 Å². The Morgan fingerprint density at radius 2 is 1.75 bits per heavy atom. The second kappa shape index (κ2) is 5.00. The van der Waals surface area contributed by atoms with Crippen LogP contribution in [-0.4, -0.2) is 11.9 Å². The molecule has 0 saturated carbocycles. The summed E-state index contributed by atoms with van der Waals surface area (Å²) < 4.78 is 0.990. The normalized spacial score (nSPS) is 10.7. The number of amides is 1. The molecule has 1 amide bonds. The number of carbonyl (C=O) groups excluding carboxylic acids is 1. The van der Waals surface area contributed by atoms with Crippen LogP contribution >= 0.6 is 15.9 Å². The zero-order valence-electron chi connectivity index (χ0n) is 10.4. The van der Waals surface area contributed by atoms with Gasteiger partial charge in [0.05, 0.1) is 0 Å². The summed E-state index contributed by atoms with van der Waals surface area (Å²) >= 11 is 3.49. The molecule has 0 bridgehead atoms. The van der Waals surface area contributed by atoms with Crippen LogP contribution < -0.4 is 5.32 Å². The first-order valence-electron chi connectivity index (χ1n) is 5.41. The number of carbonyl (C=O) groups is 1. The monoisotopic (exact) mass is 283 g/mol. The maximum atomic E-state index is 12.0. The number of hydrogen-bond acceptors (Lipinski definition) is 1. The fraction of sp³-hybridized carbons (Fsp3) is 0.462. The molecule has 0 atom stereocenters. The maximum absolute atomic E-state index is 12.0. The first-order chi connectivity index (χ1) is 7.34. The van der Waals surface area contributed by atoms with Crippen LogP contribution in [0, 0.1) is 20.8 Å². The molecule has 0 unspecified atom stereocenters. The van der Waals surface area contributed by atoms with Crippen molar-refractivity contribution in [2.45, 2.75) is 40.7 Å². The van der Waals surface area contributed by atoms with Crippen LogP contribution in [0.1, 0.15) is 40.9 Å². The van der Waals surface area contributed by atoms with Crippen molar-refractivity contribution in [3.63, 3.8) is 0 Å². The van der Waals surface area contributed by atoms with Crippen molar-refractivity contribution in [3.8, 4) is 0 Å². The lowest BCUT2D eigenvalue weighted by Crippen LogP contribution is -2.30. The van der Waals surface area contributed by atoms with Gasteiger partial charge in [-0.25, -0.2) is 0 Å². The van der Waals surface area contributed by atoms with Gasteiger partial charge in [0.1, 0.15) is 0 Å². The molecule has 1 aromatic carbocycles. The standard InChI is InChI=1S/C13H18BrNO/c1-7(2)15-13(16)11-6-12(14)10(5)8(3)9(11)4/h6-7H,1-5H3,(H,15,16). The van der Waals surface area contributed by atoms with E-state index in [-0.39, 0.29) is 11.9 Å². The van der Waals surface area contributed by atoms with Crippen LogP contribution in [0.2, 0.25) is 0 Å². The maximum Gasteiger partial charge on any atom is 0.251 e. The van der Waals surface area contributed by atoms with E-state index in [4.69, 9.17) is 0 Å². The van der Waals surface area contributed by atoms with Crippen LogP contribution in [0.25, 0.3) is 0 Å². The van der Waals surface area contributed by atoms with Gasteiger partial charge in [-0.05, 0) is 57.4 Å². The Bertz CT molecular complexity index is 424. The number of halogens is 1. The highest BCUT2D eigenvalue weighted by atomic mass is 79.9. The van der Waals surface area contributed by atoms with Gasteiger partial charge in [-0.1, -0.05) is 15.9 Å². The van der Waals surface area contributed by atoms with Gasteiger partial charge in [-0.15, -0.1) is 0 Å². The van der Waals surface area contributed by atoms with E-state index in [9.17, 15) is 4.79 Å². The minimum absolute atomic E-state index is 0.00343. The quantitative estimate of drug-likeness (QED) is 0.884. The second-order valence-corrected chi connectivity index (χ2v) is 5.26. The number of rotatable bonds is 2. The van der Waals surface area contributed by atoms with Gasteiger partial charge in [0.15, 0.2) is 0 Å². The molecule has 0 heterocycles. The van der Waals surface area contributed by atoms with E-state index in [0.717, 1.165) is 15.6 Å². The molecule has 0 aliphatic heterocycles. The van der Waals surface area contributed by atoms with E-state index in [0.29, 0.717) is 0 Å². The topological polar surface area (TPSA) is 29.1 Å². The lowest BCUT2D eigenvalue weighted by Gasteiger charge is -2.14. The van der Waals surface area contributed by atoms with Gasteiger partial charge in [-0.3, -0.25) is 4.79 Å². The average molecular weight is 284 g/mol. The van der Waals surface area contributed by atoms with Crippen molar-refractivity contribution in [2.75, 3.05) is 0 Å². The molecule has 0 spiro atoms. The van der Waals surface area contributed by atoms with Crippen molar-refractivity contribution in [2.24, 2.45) is 0 Å². The van der Waals surface area contributed by atoms with Gasteiger partial charge in [0.25, 0.3) is 5.91 Å². The van der Waals surface area contributed by atoms with Crippen molar-refractivity contribution in [1.29, 1.82) is 0 Å². The van der Waals surface area contributed by atoms with Gasteiger partial charge in [-0.2, -0.15) is 0 Å². The number of benzene rings is 1. The third-order valence-corrected chi connectivity index (χ3v) is 3.65. The molecule has 0 radical (unpaired) electrons. The second-order valence-electron chi connectivity index (χ2n) is 4.41. The smallest absolute Gasteiger partial charge is 0.251 e. The largest absolute Gasteiger partial charge is 0.350 e. The lowest BCUT2D eigenvalue weighted by molar-refractivity contribution is 0.0942. The predicted octanol–water partition coefficient (Wildman–Crippen LogP) is 3.51. The Hall–Kier alpha value is -0.830. The summed E-state index contributed by atoms with van der Waals surface area (Å²) in [6.45, 7) is 10.0. The number of hydrogen-bond donors (Lipinski definition) is 1. The fourth-order valence-corrected chi connectivity index (χ4v) is 2.11. The molecule has 2 nitrogen and oxygen atoms in total. The molecule has 0 fully saturated rings. The molecule has 0 saturated heterocycles. The molecule has 3 heteroatoms. The third-order valence-electron chi connectivity index (χ3n) is 2.82. The van der Waals surface area contributed by atoms with E-state index >= 15 is 0 Å². The van der Waals surface area contributed by atoms with Crippen LogP contribution in [0.3, 0.4) is 0 Å². The van der Waals surface area contributed by atoms with E-state index in [2.05, 4.69) is 28.2 Å². The van der Waals surface area contributed by atoms with Crippen molar-refractivity contribution >= 4 is 21.8 Å². The molecule has 0 aromatic heterocycles. The molecule has 0 aliphatic rings. The van der Waals surface area contributed by atoms with E-state index in [1.54, 1.807) is 0 Å². The minimum atomic E-state index is -0.00343. The van der Waals surface area contributed by atoms with Gasteiger partial charge in [0, 0.05) is 16.1 Å². The fourth-order valence-electron chi connectivity index (χ4n) is 1.58. The zero-order valence-corrected chi connectivity index (χ0v) is 12.0. The predicted molar refractivity (Wildman–Crippen MR) is 71.0 cm³/mol. The van der Waals surface area contributed by atoms with Crippen LogP contribution in [-0.2, 0) is 0 Å². The Labute approximate surface area is 106 Å². The highest BCUT2D eigenvalue weighted by molar-refractivity contribution is 9.10. The molecule has 88 valence electrons. The number of nitrogens with one attached hydrogen (secondary N) is 1. The average Bonchev–Trinajstić information content (AvgIpc) is 2.19. The Kier molecular flexibility index (Phi) is 4.14. The molecule has 16 heavy (non-hydrogen) atoms. The van der Waals surface area contributed by atoms with E-state index in [1.165, 1.54) is 11.1 Å². The first kappa shape index (κ1) is 13.2. The summed E-state index contributed by atoms with van der Waals surface area (Å²) in [5.41, 5.74) is 4.17. The van der Waals surface area contributed by atoms with Crippen molar-refractivity contribution < 1.29 is 4.79 Å².